The van der Waals surface area contributed by atoms with Crippen LogP contribution >= 0.6 is 12.6 Å². The highest BCUT2D eigenvalue weighted by molar-refractivity contribution is 7.80. The van der Waals surface area contributed by atoms with Crippen molar-refractivity contribution in [1.82, 2.24) is 9.13 Å². The monoisotopic (exact) mass is 230 g/mol. The molecule has 0 radical (unpaired) electrons. The predicted octanol–water partition coefficient (Wildman–Crippen LogP) is 1.85. The Bertz CT molecular complexity index is 382. The molecule has 0 amide bonds. The fourth-order valence-electron chi connectivity index (χ4n) is 1.51. The van der Waals surface area contributed by atoms with Gasteiger partial charge < -0.3 is 5.11 Å². The van der Waals surface area contributed by atoms with Crippen LogP contribution in [0.1, 0.15) is 33.1 Å². The van der Waals surface area contributed by atoms with Crippen molar-refractivity contribution < 1.29 is 5.11 Å². The maximum Gasteiger partial charge on any atom is 0.331 e. The van der Waals surface area contributed by atoms with Gasteiger partial charge >= 0.3 is 5.69 Å². The quantitative estimate of drug-likeness (QED) is 0.758. The van der Waals surface area contributed by atoms with Gasteiger partial charge in [0.2, 0.25) is 5.88 Å². The molecule has 0 aliphatic carbocycles. The SMILES string of the molecule is CCCCn1c(S)c(O)n(CCC)c1=O. The van der Waals surface area contributed by atoms with E-state index in [4.69, 9.17) is 0 Å². The smallest absolute Gasteiger partial charge is 0.331 e. The van der Waals surface area contributed by atoms with Crippen LogP contribution in [0.25, 0.3) is 0 Å². The van der Waals surface area contributed by atoms with Gasteiger partial charge in [0.15, 0.2) is 0 Å². The molecule has 0 fully saturated rings. The number of imidazole rings is 1. The number of thiol groups is 1. The first kappa shape index (κ1) is 12.2. The third-order valence-electron chi connectivity index (χ3n) is 2.36. The van der Waals surface area contributed by atoms with Gasteiger partial charge in [-0.25, -0.2) is 4.79 Å². The maximum absolute atomic E-state index is 11.8. The predicted molar refractivity (Wildman–Crippen MR) is 62.8 cm³/mol. The highest BCUT2D eigenvalue weighted by Crippen LogP contribution is 2.20. The van der Waals surface area contributed by atoms with E-state index in [2.05, 4.69) is 19.6 Å². The third-order valence-corrected chi connectivity index (χ3v) is 2.80. The molecule has 0 atom stereocenters. The Morgan fingerprint density at radius 1 is 1.20 bits per heavy atom. The number of unbranched alkanes of at least 4 members (excludes halogenated alkanes) is 1. The van der Waals surface area contributed by atoms with Crippen LogP contribution in [0.5, 0.6) is 5.88 Å². The van der Waals surface area contributed by atoms with Gasteiger partial charge in [-0.05, 0) is 12.8 Å². The topological polar surface area (TPSA) is 47.2 Å². The molecule has 1 rings (SSSR count). The Balaban J connectivity index is 3.06. The first-order chi connectivity index (χ1) is 7.13. The van der Waals surface area contributed by atoms with Gasteiger partial charge in [-0.1, -0.05) is 20.3 Å². The second-order valence-corrected chi connectivity index (χ2v) is 4.01. The summed E-state index contributed by atoms with van der Waals surface area (Å²) in [5, 5.41) is 10.1. The molecule has 0 aliphatic rings. The number of aromatic hydroxyl groups is 1. The van der Waals surface area contributed by atoms with E-state index in [9.17, 15) is 9.90 Å². The van der Waals surface area contributed by atoms with E-state index in [1.165, 1.54) is 9.13 Å². The minimum Gasteiger partial charge on any atom is -0.492 e. The third kappa shape index (κ3) is 2.40. The van der Waals surface area contributed by atoms with Crippen molar-refractivity contribution in [3.05, 3.63) is 10.5 Å². The number of nitrogens with zero attached hydrogens (tertiary/aromatic N) is 2. The van der Waals surface area contributed by atoms with Gasteiger partial charge in [0.1, 0.15) is 5.03 Å². The van der Waals surface area contributed by atoms with Crippen molar-refractivity contribution in [3.8, 4) is 5.88 Å². The number of aromatic nitrogens is 2. The summed E-state index contributed by atoms with van der Waals surface area (Å²) in [6, 6.07) is 0. The minimum absolute atomic E-state index is 0.0127. The van der Waals surface area contributed by atoms with Gasteiger partial charge in [0, 0.05) is 13.1 Å². The lowest BCUT2D eigenvalue weighted by Crippen LogP contribution is -2.24. The lowest BCUT2D eigenvalue weighted by Gasteiger charge is -2.00. The summed E-state index contributed by atoms with van der Waals surface area (Å²) in [7, 11) is 0. The van der Waals surface area contributed by atoms with Crippen LogP contribution < -0.4 is 5.69 Å². The Labute approximate surface area is 94.9 Å². The van der Waals surface area contributed by atoms with Crippen LogP contribution in [-0.4, -0.2) is 14.2 Å². The molecular weight excluding hydrogens is 212 g/mol. The molecule has 0 aliphatic heterocycles. The number of hydrogen-bond donors (Lipinski definition) is 2. The molecule has 5 heteroatoms. The molecule has 0 aromatic carbocycles. The van der Waals surface area contributed by atoms with Crippen LogP contribution in [0.3, 0.4) is 0 Å². The molecule has 4 nitrogen and oxygen atoms in total. The Morgan fingerprint density at radius 2 is 1.87 bits per heavy atom. The molecule has 0 saturated carbocycles. The minimum atomic E-state index is -0.159. The molecule has 1 aromatic rings. The summed E-state index contributed by atoms with van der Waals surface area (Å²) in [4.78, 5) is 11.8. The largest absolute Gasteiger partial charge is 0.492 e. The van der Waals surface area contributed by atoms with Crippen molar-refractivity contribution in [2.24, 2.45) is 0 Å². The fourth-order valence-corrected chi connectivity index (χ4v) is 1.82. The molecule has 1 heterocycles. The molecular formula is C10H18N2O2S. The normalized spacial score (nSPS) is 10.9. The van der Waals surface area contributed by atoms with Crippen molar-refractivity contribution in [1.29, 1.82) is 0 Å². The average Bonchev–Trinajstić information content (AvgIpc) is 2.42. The fraction of sp³-hybridized carbons (Fsp3) is 0.700. The van der Waals surface area contributed by atoms with E-state index in [-0.39, 0.29) is 11.6 Å². The second-order valence-electron chi connectivity index (χ2n) is 3.59. The Morgan fingerprint density at radius 3 is 2.40 bits per heavy atom. The van der Waals surface area contributed by atoms with E-state index in [1.54, 1.807) is 0 Å². The summed E-state index contributed by atoms with van der Waals surface area (Å²) < 4.78 is 2.90. The van der Waals surface area contributed by atoms with Crippen molar-refractivity contribution in [3.63, 3.8) is 0 Å². The lowest BCUT2D eigenvalue weighted by atomic mass is 10.3. The van der Waals surface area contributed by atoms with Gasteiger partial charge in [-0.15, -0.1) is 12.6 Å². The number of rotatable bonds is 5. The van der Waals surface area contributed by atoms with E-state index in [0.29, 0.717) is 18.1 Å². The van der Waals surface area contributed by atoms with E-state index in [1.807, 2.05) is 6.92 Å². The van der Waals surface area contributed by atoms with Crippen LogP contribution in [0.2, 0.25) is 0 Å². The zero-order valence-corrected chi connectivity index (χ0v) is 10.1. The van der Waals surface area contributed by atoms with Crippen molar-refractivity contribution in [2.75, 3.05) is 0 Å². The Hall–Kier alpha value is -0.840. The highest BCUT2D eigenvalue weighted by Gasteiger charge is 2.15. The van der Waals surface area contributed by atoms with Gasteiger partial charge in [-0.2, -0.15) is 0 Å². The molecule has 86 valence electrons. The molecule has 1 aromatic heterocycles. The highest BCUT2D eigenvalue weighted by atomic mass is 32.1. The Kier molecular flexibility index (Phi) is 4.32. The van der Waals surface area contributed by atoms with E-state index >= 15 is 0 Å². The first-order valence-corrected chi connectivity index (χ1v) is 5.79. The second kappa shape index (κ2) is 5.30. The lowest BCUT2D eigenvalue weighted by molar-refractivity contribution is 0.400. The molecule has 0 saturated heterocycles. The molecule has 0 spiro atoms. The maximum atomic E-state index is 11.8. The zero-order valence-electron chi connectivity index (χ0n) is 9.23. The molecule has 15 heavy (non-hydrogen) atoms. The summed E-state index contributed by atoms with van der Waals surface area (Å²) >= 11 is 4.16. The summed E-state index contributed by atoms with van der Waals surface area (Å²) in [6.45, 7) is 5.19. The summed E-state index contributed by atoms with van der Waals surface area (Å²) in [6.07, 6.45) is 2.75. The average molecular weight is 230 g/mol. The van der Waals surface area contributed by atoms with E-state index in [0.717, 1.165) is 19.3 Å². The van der Waals surface area contributed by atoms with Crippen molar-refractivity contribution in [2.45, 2.75) is 51.2 Å². The van der Waals surface area contributed by atoms with Crippen LogP contribution in [0.4, 0.5) is 0 Å². The zero-order chi connectivity index (χ0) is 11.4. The molecule has 0 unspecified atom stereocenters. The van der Waals surface area contributed by atoms with Crippen LogP contribution in [-0.2, 0) is 13.1 Å². The van der Waals surface area contributed by atoms with Gasteiger partial charge in [0.25, 0.3) is 0 Å². The van der Waals surface area contributed by atoms with E-state index < -0.39 is 0 Å². The van der Waals surface area contributed by atoms with Crippen molar-refractivity contribution >= 4 is 12.6 Å². The number of hydrogen-bond acceptors (Lipinski definition) is 3. The molecule has 1 N–H and O–H groups in total. The standard InChI is InChI=1S/C10H18N2O2S/c1-3-5-7-12-9(15)8(13)11(6-4-2)10(12)14/h13,15H,3-7H2,1-2H3. The summed E-state index contributed by atoms with van der Waals surface area (Å²) in [5.74, 6) is -0.0127. The summed E-state index contributed by atoms with van der Waals surface area (Å²) in [5.41, 5.74) is -0.159. The molecule has 0 bridgehead atoms. The van der Waals surface area contributed by atoms with Gasteiger partial charge in [0.05, 0.1) is 0 Å². The van der Waals surface area contributed by atoms with Crippen LogP contribution in [0.15, 0.2) is 9.82 Å². The van der Waals surface area contributed by atoms with Crippen LogP contribution in [0, 0.1) is 0 Å². The van der Waals surface area contributed by atoms with Gasteiger partial charge in [-0.3, -0.25) is 9.13 Å². The first-order valence-electron chi connectivity index (χ1n) is 5.34.